The lowest BCUT2D eigenvalue weighted by atomic mass is 10.1. The van der Waals surface area contributed by atoms with Crippen LogP contribution in [0, 0.1) is 0 Å². The summed E-state index contributed by atoms with van der Waals surface area (Å²) in [5, 5.41) is 1.78. The topological polar surface area (TPSA) is 38.9 Å². The van der Waals surface area contributed by atoms with Crippen LogP contribution in [0.3, 0.4) is 0 Å². The standard InChI is InChI=1S/C13H16N2S/c1-9(2)16-8-11-7-10-5-3-4-6-12(10)15-13(11)14/h3-7,9H,8H2,1-2H3,(H2,14,15). The van der Waals surface area contributed by atoms with Gasteiger partial charge in [0.25, 0.3) is 0 Å². The third-order valence-electron chi connectivity index (χ3n) is 2.41. The highest BCUT2D eigenvalue weighted by Gasteiger charge is 2.04. The molecule has 3 heteroatoms. The first-order valence-corrected chi connectivity index (χ1v) is 6.47. The molecule has 1 heterocycles. The van der Waals surface area contributed by atoms with Crippen molar-refractivity contribution in [3.63, 3.8) is 0 Å². The molecule has 0 saturated carbocycles. The van der Waals surface area contributed by atoms with Crippen molar-refractivity contribution in [1.29, 1.82) is 0 Å². The monoisotopic (exact) mass is 232 g/mol. The molecule has 0 aliphatic heterocycles. The molecule has 0 aliphatic carbocycles. The van der Waals surface area contributed by atoms with Crippen LogP contribution in [0.5, 0.6) is 0 Å². The number of hydrogen-bond acceptors (Lipinski definition) is 3. The van der Waals surface area contributed by atoms with Gasteiger partial charge in [-0.1, -0.05) is 32.0 Å². The van der Waals surface area contributed by atoms with E-state index in [-0.39, 0.29) is 0 Å². The molecule has 0 aliphatic rings. The average molecular weight is 232 g/mol. The van der Waals surface area contributed by atoms with Crippen molar-refractivity contribution in [2.75, 3.05) is 5.73 Å². The summed E-state index contributed by atoms with van der Waals surface area (Å²) in [5.74, 6) is 1.59. The number of pyridine rings is 1. The Hall–Kier alpha value is -1.22. The molecule has 2 aromatic rings. The van der Waals surface area contributed by atoms with E-state index >= 15 is 0 Å². The van der Waals surface area contributed by atoms with Crippen LogP contribution >= 0.6 is 11.8 Å². The Morgan fingerprint density at radius 1 is 1.31 bits per heavy atom. The van der Waals surface area contributed by atoms with Crippen LogP contribution in [0.1, 0.15) is 19.4 Å². The summed E-state index contributed by atoms with van der Waals surface area (Å²) >= 11 is 1.89. The van der Waals surface area contributed by atoms with Crippen molar-refractivity contribution in [3.05, 3.63) is 35.9 Å². The molecule has 0 fully saturated rings. The van der Waals surface area contributed by atoms with E-state index < -0.39 is 0 Å². The number of fused-ring (bicyclic) bond motifs is 1. The zero-order valence-corrected chi connectivity index (χ0v) is 10.4. The zero-order chi connectivity index (χ0) is 11.5. The van der Waals surface area contributed by atoms with E-state index in [1.807, 2.05) is 30.0 Å². The lowest BCUT2D eigenvalue weighted by Gasteiger charge is -2.08. The molecular formula is C13H16N2S. The smallest absolute Gasteiger partial charge is 0.128 e. The number of thioether (sulfide) groups is 1. The van der Waals surface area contributed by atoms with Crippen LogP contribution < -0.4 is 5.73 Å². The molecule has 2 rings (SSSR count). The number of hydrogen-bond donors (Lipinski definition) is 1. The highest BCUT2D eigenvalue weighted by molar-refractivity contribution is 7.99. The molecule has 1 aromatic heterocycles. The minimum Gasteiger partial charge on any atom is -0.383 e. The zero-order valence-electron chi connectivity index (χ0n) is 9.60. The third-order valence-corrected chi connectivity index (χ3v) is 3.55. The van der Waals surface area contributed by atoms with E-state index in [4.69, 9.17) is 5.73 Å². The van der Waals surface area contributed by atoms with E-state index in [1.165, 1.54) is 0 Å². The summed E-state index contributed by atoms with van der Waals surface area (Å²) in [4.78, 5) is 4.42. The van der Waals surface area contributed by atoms with Crippen molar-refractivity contribution < 1.29 is 0 Å². The summed E-state index contributed by atoms with van der Waals surface area (Å²) in [6.45, 7) is 4.38. The molecule has 0 spiro atoms. The Bertz CT molecular complexity index is 494. The van der Waals surface area contributed by atoms with Gasteiger partial charge in [0.2, 0.25) is 0 Å². The number of anilines is 1. The molecule has 1 aromatic carbocycles. The van der Waals surface area contributed by atoms with Crippen molar-refractivity contribution in [2.45, 2.75) is 24.9 Å². The average Bonchev–Trinajstić information content (AvgIpc) is 2.26. The van der Waals surface area contributed by atoms with Crippen LogP contribution in [-0.4, -0.2) is 10.2 Å². The van der Waals surface area contributed by atoms with Gasteiger partial charge in [0, 0.05) is 16.7 Å². The van der Waals surface area contributed by atoms with Crippen molar-refractivity contribution >= 4 is 28.5 Å². The van der Waals surface area contributed by atoms with Crippen LogP contribution in [-0.2, 0) is 5.75 Å². The van der Waals surface area contributed by atoms with Gasteiger partial charge in [0.1, 0.15) is 5.82 Å². The summed E-state index contributed by atoms with van der Waals surface area (Å²) in [5.41, 5.74) is 8.06. The van der Waals surface area contributed by atoms with Gasteiger partial charge in [-0.05, 0) is 17.4 Å². The maximum Gasteiger partial charge on any atom is 0.128 e. The van der Waals surface area contributed by atoms with Gasteiger partial charge < -0.3 is 5.73 Å². The SMILES string of the molecule is CC(C)SCc1cc2ccccc2nc1N. The van der Waals surface area contributed by atoms with Crippen LogP contribution in [0.15, 0.2) is 30.3 Å². The third kappa shape index (κ3) is 2.47. The Balaban J connectivity index is 2.34. The minimum atomic E-state index is 0.617. The molecule has 0 bridgehead atoms. The number of para-hydroxylation sites is 1. The number of aromatic nitrogens is 1. The molecule has 0 radical (unpaired) electrons. The van der Waals surface area contributed by atoms with Gasteiger partial charge in [-0.25, -0.2) is 4.98 Å². The molecule has 16 heavy (non-hydrogen) atoms. The Morgan fingerprint density at radius 2 is 2.06 bits per heavy atom. The summed E-state index contributed by atoms with van der Waals surface area (Å²) in [6, 6.07) is 10.2. The summed E-state index contributed by atoms with van der Waals surface area (Å²) in [7, 11) is 0. The number of nitrogen functional groups attached to an aromatic ring is 1. The number of rotatable bonds is 3. The van der Waals surface area contributed by atoms with E-state index in [1.54, 1.807) is 0 Å². The second-order valence-corrected chi connectivity index (χ2v) is 5.65. The normalized spacial score (nSPS) is 11.2. The van der Waals surface area contributed by atoms with Crippen molar-refractivity contribution in [2.24, 2.45) is 0 Å². The van der Waals surface area contributed by atoms with E-state index in [2.05, 4.69) is 31.0 Å². The maximum absolute atomic E-state index is 5.95. The van der Waals surface area contributed by atoms with Gasteiger partial charge in [0.15, 0.2) is 0 Å². The Kier molecular flexibility index (Phi) is 3.34. The van der Waals surface area contributed by atoms with Gasteiger partial charge in [0.05, 0.1) is 5.52 Å². The number of nitrogens with two attached hydrogens (primary N) is 1. The molecule has 0 unspecified atom stereocenters. The van der Waals surface area contributed by atoms with Crippen LogP contribution in [0.2, 0.25) is 0 Å². The van der Waals surface area contributed by atoms with E-state index in [9.17, 15) is 0 Å². The predicted molar refractivity (Wildman–Crippen MR) is 72.6 cm³/mol. The first-order chi connectivity index (χ1) is 7.66. The fourth-order valence-electron chi connectivity index (χ4n) is 1.55. The van der Waals surface area contributed by atoms with Crippen LogP contribution in [0.4, 0.5) is 5.82 Å². The molecule has 84 valence electrons. The lowest BCUT2D eigenvalue weighted by molar-refractivity contribution is 1.11. The van der Waals surface area contributed by atoms with Gasteiger partial charge in [-0.15, -0.1) is 0 Å². The second-order valence-electron chi connectivity index (χ2n) is 4.09. The predicted octanol–water partition coefficient (Wildman–Crippen LogP) is 3.46. The summed E-state index contributed by atoms with van der Waals surface area (Å²) < 4.78 is 0. The maximum atomic E-state index is 5.95. The first-order valence-electron chi connectivity index (χ1n) is 5.42. The lowest BCUT2D eigenvalue weighted by Crippen LogP contribution is -1.98. The summed E-state index contributed by atoms with van der Waals surface area (Å²) in [6.07, 6.45) is 0. The van der Waals surface area contributed by atoms with Crippen molar-refractivity contribution in [3.8, 4) is 0 Å². The highest BCUT2D eigenvalue weighted by atomic mass is 32.2. The van der Waals surface area contributed by atoms with Gasteiger partial charge in [-0.3, -0.25) is 0 Å². The van der Waals surface area contributed by atoms with Crippen LogP contribution in [0.25, 0.3) is 10.9 Å². The largest absolute Gasteiger partial charge is 0.383 e. The second kappa shape index (κ2) is 4.74. The van der Waals surface area contributed by atoms with E-state index in [0.717, 1.165) is 22.2 Å². The molecule has 0 amide bonds. The molecule has 2 nitrogen and oxygen atoms in total. The Labute approximate surface area is 100 Å². The molecule has 0 atom stereocenters. The molecule has 2 N–H and O–H groups in total. The Morgan fingerprint density at radius 3 is 2.81 bits per heavy atom. The quantitative estimate of drug-likeness (QED) is 0.880. The van der Waals surface area contributed by atoms with Crippen molar-refractivity contribution in [1.82, 2.24) is 4.98 Å². The fraction of sp³-hybridized carbons (Fsp3) is 0.308. The van der Waals surface area contributed by atoms with Gasteiger partial charge in [-0.2, -0.15) is 11.8 Å². The fourth-order valence-corrected chi connectivity index (χ4v) is 2.29. The number of benzene rings is 1. The molecule has 0 saturated heterocycles. The minimum absolute atomic E-state index is 0.617. The van der Waals surface area contributed by atoms with Gasteiger partial charge >= 0.3 is 0 Å². The molecular weight excluding hydrogens is 216 g/mol. The number of nitrogens with zero attached hydrogens (tertiary/aromatic N) is 1. The highest BCUT2D eigenvalue weighted by Crippen LogP contribution is 2.24. The van der Waals surface area contributed by atoms with E-state index in [0.29, 0.717) is 11.1 Å². The first kappa shape index (κ1) is 11.3.